The van der Waals surface area contributed by atoms with Gasteiger partial charge in [-0.25, -0.2) is 4.39 Å². The van der Waals surface area contributed by atoms with Crippen molar-refractivity contribution in [1.29, 1.82) is 0 Å². The number of thiophene rings is 1. The van der Waals surface area contributed by atoms with E-state index in [0.29, 0.717) is 31.5 Å². The van der Waals surface area contributed by atoms with Crippen molar-refractivity contribution in [2.45, 2.75) is 13.8 Å². The van der Waals surface area contributed by atoms with Crippen molar-refractivity contribution in [1.82, 2.24) is 20.2 Å². The molecule has 0 unspecified atom stereocenters. The zero-order valence-electron chi connectivity index (χ0n) is 14.3. The fraction of sp³-hybridized carbons (Fsp3) is 0.111. The smallest absolute Gasteiger partial charge is 0.267 e. The number of carbonyl (C=O) groups is 1. The quantitative estimate of drug-likeness (QED) is 0.547. The molecule has 0 spiro atoms. The zero-order valence-corrected chi connectivity index (χ0v) is 15.9. The van der Waals surface area contributed by atoms with Gasteiger partial charge in [-0.2, -0.15) is 4.68 Å². The molecule has 0 aliphatic heterocycles. The van der Waals surface area contributed by atoms with Crippen LogP contribution in [0.1, 0.15) is 21.1 Å². The van der Waals surface area contributed by atoms with Crippen molar-refractivity contribution in [3.63, 3.8) is 0 Å². The van der Waals surface area contributed by atoms with Gasteiger partial charge in [0.2, 0.25) is 0 Å². The maximum atomic E-state index is 13.4. The number of fused-ring (bicyclic) bond motifs is 1. The Morgan fingerprint density at radius 1 is 1.22 bits per heavy atom. The van der Waals surface area contributed by atoms with Gasteiger partial charge in [0.1, 0.15) is 10.7 Å². The Labute approximate surface area is 162 Å². The molecule has 1 N–H and O–H groups in total. The van der Waals surface area contributed by atoms with Gasteiger partial charge in [0.05, 0.1) is 10.7 Å². The average Bonchev–Trinajstić information content (AvgIpc) is 3.20. The van der Waals surface area contributed by atoms with E-state index in [4.69, 9.17) is 11.6 Å². The highest BCUT2D eigenvalue weighted by Crippen LogP contribution is 2.36. The predicted molar refractivity (Wildman–Crippen MR) is 103 cm³/mol. The molecule has 0 radical (unpaired) electrons. The highest BCUT2D eigenvalue weighted by atomic mass is 35.5. The monoisotopic (exact) mass is 401 g/mol. The van der Waals surface area contributed by atoms with Gasteiger partial charge in [-0.1, -0.05) is 17.7 Å². The van der Waals surface area contributed by atoms with Gasteiger partial charge < -0.3 is 5.32 Å². The van der Waals surface area contributed by atoms with E-state index >= 15 is 0 Å². The second kappa shape index (κ2) is 6.71. The summed E-state index contributed by atoms with van der Waals surface area (Å²) in [6.07, 6.45) is 0. The Hall–Kier alpha value is -2.84. The molecule has 0 aliphatic carbocycles. The summed E-state index contributed by atoms with van der Waals surface area (Å²) in [7, 11) is 0. The lowest BCUT2D eigenvalue weighted by molar-refractivity contribution is 0.103. The first kappa shape index (κ1) is 17.6. The number of hydrogen-bond donors (Lipinski definition) is 1. The minimum absolute atomic E-state index is 0.316. The van der Waals surface area contributed by atoms with Crippen molar-refractivity contribution in [2.75, 3.05) is 5.32 Å². The second-order valence-electron chi connectivity index (χ2n) is 5.98. The summed E-state index contributed by atoms with van der Waals surface area (Å²) in [6, 6.07) is 9.71. The summed E-state index contributed by atoms with van der Waals surface area (Å²) in [6.45, 7) is 3.72. The lowest BCUT2D eigenvalue weighted by Gasteiger charge is -2.10. The Balaban J connectivity index is 1.68. The van der Waals surface area contributed by atoms with Gasteiger partial charge >= 0.3 is 0 Å². The zero-order chi connectivity index (χ0) is 19.1. The molecule has 4 aromatic rings. The first-order chi connectivity index (χ1) is 12.9. The van der Waals surface area contributed by atoms with Crippen LogP contribution in [-0.4, -0.2) is 26.1 Å². The molecule has 27 heavy (non-hydrogen) atoms. The van der Waals surface area contributed by atoms with E-state index in [1.54, 1.807) is 29.8 Å². The number of aryl methyl sites for hydroxylation is 2. The Morgan fingerprint density at radius 2 is 2.04 bits per heavy atom. The number of nitrogens with one attached hydrogen (secondary N) is 1. The van der Waals surface area contributed by atoms with Crippen molar-refractivity contribution in [2.24, 2.45) is 0 Å². The normalized spacial score (nSPS) is 11.1. The molecule has 0 fully saturated rings. The van der Waals surface area contributed by atoms with Crippen molar-refractivity contribution in [3.05, 3.63) is 63.5 Å². The molecule has 0 atom stereocenters. The summed E-state index contributed by atoms with van der Waals surface area (Å²) in [5.41, 5.74) is 2.30. The van der Waals surface area contributed by atoms with E-state index in [1.807, 2.05) is 13.0 Å². The summed E-state index contributed by atoms with van der Waals surface area (Å²) in [5.74, 6) is -0.0895. The largest absolute Gasteiger partial charge is 0.321 e. The molecule has 2 aromatic carbocycles. The Morgan fingerprint density at radius 3 is 2.78 bits per heavy atom. The molecule has 0 bridgehead atoms. The highest BCUT2D eigenvalue weighted by molar-refractivity contribution is 7.21. The van der Waals surface area contributed by atoms with Crippen LogP contribution in [0.25, 0.3) is 15.8 Å². The Kier molecular flexibility index (Phi) is 4.37. The van der Waals surface area contributed by atoms with Crippen LogP contribution < -0.4 is 5.32 Å². The van der Waals surface area contributed by atoms with Crippen LogP contribution in [0.5, 0.6) is 0 Å². The van der Waals surface area contributed by atoms with Crippen LogP contribution in [0.3, 0.4) is 0 Å². The standard InChI is InChI=1S/C18H13ClFN5OS/c1-9-3-5-12(8-14(9)25-10(2)22-23-24-25)21-18(26)17-16(19)13-6-4-11(20)7-15(13)27-17/h3-8H,1-2H3,(H,21,26). The maximum absolute atomic E-state index is 13.4. The van der Waals surface area contributed by atoms with Crippen LogP contribution in [0.2, 0.25) is 5.02 Å². The summed E-state index contributed by atoms with van der Waals surface area (Å²) in [4.78, 5) is 13.0. The van der Waals surface area contributed by atoms with Crippen molar-refractivity contribution >= 4 is 44.6 Å². The SMILES string of the molecule is Cc1ccc(NC(=O)c2sc3cc(F)ccc3c2Cl)cc1-n1nnnc1C. The Bertz CT molecular complexity index is 1190. The third-order valence-corrected chi connectivity index (χ3v) is 5.77. The minimum Gasteiger partial charge on any atom is -0.321 e. The second-order valence-corrected chi connectivity index (χ2v) is 7.41. The number of hydrogen-bond acceptors (Lipinski definition) is 5. The summed E-state index contributed by atoms with van der Waals surface area (Å²) < 4.78 is 15.6. The number of halogens is 2. The number of nitrogens with zero attached hydrogens (tertiary/aromatic N) is 4. The van der Waals surface area contributed by atoms with E-state index in [2.05, 4.69) is 20.8 Å². The lowest BCUT2D eigenvalue weighted by Crippen LogP contribution is -2.11. The number of carbonyl (C=O) groups excluding carboxylic acids is 1. The van der Waals surface area contributed by atoms with Crippen LogP contribution in [0.4, 0.5) is 10.1 Å². The number of anilines is 1. The van der Waals surface area contributed by atoms with Crippen molar-refractivity contribution in [3.8, 4) is 5.69 Å². The van der Waals surface area contributed by atoms with Gasteiger partial charge in [-0.15, -0.1) is 16.4 Å². The number of amides is 1. The van der Waals surface area contributed by atoms with E-state index < -0.39 is 0 Å². The topological polar surface area (TPSA) is 72.7 Å². The number of rotatable bonds is 3. The van der Waals surface area contributed by atoms with Gasteiger partial charge in [-0.3, -0.25) is 4.79 Å². The van der Waals surface area contributed by atoms with Gasteiger partial charge in [0.15, 0.2) is 5.82 Å². The molecule has 0 saturated heterocycles. The molecule has 1 amide bonds. The molecule has 9 heteroatoms. The van der Waals surface area contributed by atoms with Gasteiger partial charge in [0, 0.05) is 15.8 Å². The minimum atomic E-state index is -0.368. The van der Waals surface area contributed by atoms with E-state index in [0.717, 1.165) is 22.6 Å². The molecule has 136 valence electrons. The number of benzene rings is 2. The fourth-order valence-electron chi connectivity index (χ4n) is 2.74. The van der Waals surface area contributed by atoms with Crippen LogP contribution in [-0.2, 0) is 0 Å². The molecule has 6 nitrogen and oxygen atoms in total. The third-order valence-electron chi connectivity index (χ3n) is 4.12. The lowest BCUT2D eigenvalue weighted by atomic mass is 10.1. The molecule has 0 saturated carbocycles. The maximum Gasteiger partial charge on any atom is 0.267 e. The summed E-state index contributed by atoms with van der Waals surface area (Å²) in [5, 5.41) is 15.3. The number of aromatic nitrogens is 4. The fourth-order valence-corrected chi connectivity index (χ4v) is 4.18. The first-order valence-electron chi connectivity index (χ1n) is 7.99. The van der Waals surface area contributed by atoms with Crippen LogP contribution in [0.15, 0.2) is 36.4 Å². The van der Waals surface area contributed by atoms with Crippen molar-refractivity contribution < 1.29 is 9.18 Å². The molecule has 0 aliphatic rings. The molecule has 2 heterocycles. The van der Waals surface area contributed by atoms with Crippen LogP contribution >= 0.6 is 22.9 Å². The van der Waals surface area contributed by atoms with E-state index in [9.17, 15) is 9.18 Å². The van der Waals surface area contributed by atoms with Gasteiger partial charge in [0.25, 0.3) is 5.91 Å². The third kappa shape index (κ3) is 3.17. The number of tetrazole rings is 1. The van der Waals surface area contributed by atoms with E-state index in [-0.39, 0.29) is 11.7 Å². The van der Waals surface area contributed by atoms with Crippen LogP contribution in [0, 0.1) is 19.7 Å². The summed E-state index contributed by atoms with van der Waals surface area (Å²) >= 11 is 7.48. The van der Waals surface area contributed by atoms with Gasteiger partial charge in [-0.05, 0) is 60.2 Å². The molecule has 4 rings (SSSR count). The molecular formula is C18H13ClFN5OS. The highest BCUT2D eigenvalue weighted by Gasteiger charge is 2.18. The van der Waals surface area contributed by atoms with E-state index in [1.165, 1.54) is 12.1 Å². The molecular weight excluding hydrogens is 389 g/mol. The molecule has 2 aromatic heterocycles. The first-order valence-corrected chi connectivity index (χ1v) is 9.18. The predicted octanol–water partition coefficient (Wildman–Crippen LogP) is 4.54. The average molecular weight is 402 g/mol.